The van der Waals surface area contributed by atoms with E-state index in [4.69, 9.17) is 0 Å². The van der Waals surface area contributed by atoms with Crippen LogP contribution in [-0.2, 0) is 0 Å². The third kappa shape index (κ3) is 2.10. The molecule has 4 heteroatoms. The van der Waals surface area contributed by atoms with Crippen LogP contribution in [0.4, 0.5) is 8.78 Å². The molecule has 1 atom stereocenters. The molecular weight excluding hydrogens is 150 g/mol. The minimum atomic E-state index is -2.59. The summed E-state index contributed by atoms with van der Waals surface area (Å²) >= 11 is 0. The van der Waals surface area contributed by atoms with Crippen LogP contribution in [0.25, 0.3) is 0 Å². The lowest BCUT2D eigenvalue weighted by molar-refractivity contribution is -0.0280. The van der Waals surface area contributed by atoms with E-state index in [1.165, 1.54) is 0 Å². The second kappa shape index (κ2) is 3.45. The van der Waals surface area contributed by atoms with Gasteiger partial charge in [-0.05, 0) is 26.4 Å². The van der Waals surface area contributed by atoms with Gasteiger partial charge in [0.15, 0.2) is 0 Å². The van der Waals surface area contributed by atoms with Crippen molar-refractivity contribution in [3.05, 3.63) is 0 Å². The van der Waals surface area contributed by atoms with Gasteiger partial charge in [0, 0.05) is 0 Å². The molecule has 1 aliphatic rings. The van der Waals surface area contributed by atoms with Crippen molar-refractivity contribution in [3.63, 3.8) is 0 Å². The van der Waals surface area contributed by atoms with Gasteiger partial charge < -0.3 is 10.6 Å². The van der Waals surface area contributed by atoms with Crippen LogP contribution in [-0.4, -0.2) is 32.1 Å². The molecule has 1 fully saturated rings. The molecule has 66 valence electrons. The first-order valence-electron chi connectivity index (χ1n) is 3.92. The maximum Gasteiger partial charge on any atom is 0.275 e. The summed E-state index contributed by atoms with van der Waals surface area (Å²) in [5, 5.41) is 5.29. The van der Waals surface area contributed by atoms with Crippen molar-refractivity contribution in [3.8, 4) is 0 Å². The molecule has 0 aliphatic carbocycles. The van der Waals surface area contributed by atoms with E-state index in [0.717, 1.165) is 13.0 Å². The van der Waals surface area contributed by atoms with Gasteiger partial charge in [-0.2, -0.15) is 0 Å². The average Bonchev–Trinajstić information content (AvgIpc) is 2.37. The van der Waals surface area contributed by atoms with Crippen molar-refractivity contribution in [2.75, 3.05) is 20.1 Å². The maximum atomic E-state index is 13.0. The fourth-order valence-electron chi connectivity index (χ4n) is 1.40. The van der Waals surface area contributed by atoms with Gasteiger partial charge in [-0.1, -0.05) is 0 Å². The quantitative estimate of drug-likeness (QED) is 0.638. The molecule has 11 heavy (non-hydrogen) atoms. The van der Waals surface area contributed by atoms with Crippen LogP contribution in [0.3, 0.4) is 0 Å². The van der Waals surface area contributed by atoms with Gasteiger partial charge in [0.05, 0.1) is 12.6 Å². The predicted octanol–water partition coefficient (Wildman–Crippen LogP) is 0.593. The molecule has 0 amide bonds. The molecule has 0 spiro atoms. The summed E-state index contributed by atoms with van der Waals surface area (Å²) in [6.07, 6.45) is 1.46. The van der Waals surface area contributed by atoms with Crippen molar-refractivity contribution >= 4 is 0 Å². The number of rotatable bonds is 3. The van der Waals surface area contributed by atoms with E-state index in [-0.39, 0.29) is 6.54 Å². The van der Waals surface area contributed by atoms with E-state index in [1.54, 1.807) is 7.05 Å². The Balaban J connectivity index is 2.41. The topological polar surface area (TPSA) is 24.1 Å². The Labute approximate surface area is 65.4 Å². The molecule has 0 radical (unpaired) electrons. The van der Waals surface area contributed by atoms with Crippen molar-refractivity contribution in [2.24, 2.45) is 0 Å². The fourth-order valence-corrected chi connectivity index (χ4v) is 1.40. The average molecular weight is 164 g/mol. The van der Waals surface area contributed by atoms with E-state index < -0.39 is 12.0 Å². The van der Waals surface area contributed by atoms with Gasteiger partial charge in [-0.15, -0.1) is 0 Å². The van der Waals surface area contributed by atoms with Crippen LogP contribution in [0.1, 0.15) is 12.8 Å². The first kappa shape index (κ1) is 8.87. The lowest BCUT2D eigenvalue weighted by Crippen LogP contribution is -2.46. The number of halogens is 2. The monoisotopic (exact) mass is 164 g/mol. The smallest absolute Gasteiger partial charge is 0.275 e. The molecule has 1 unspecified atom stereocenters. The summed E-state index contributed by atoms with van der Waals surface area (Å²) < 4.78 is 26.0. The summed E-state index contributed by atoms with van der Waals surface area (Å²) in [6, 6.07) is -0.616. The summed E-state index contributed by atoms with van der Waals surface area (Å²) in [4.78, 5) is 0. The summed E-state index contributed by atoms with van der Waals surface area (Å²) in [6.45, 7) is 0.495. The van der Waals surface area contributed by atoms with Crippen LogP contribution in [0.15, 0.2) is 0 Å². The number of hydrogen-bond acceptors (Lipinski definition) is 2. The Morgan fingerprint density at radius 2 is 2.36 bits per heavy atom. The predicted molar refractivity (Wildman–Crippen MR) is 39.9 cm³/mol. The van der Waals surface area contributed by atoms with Crippen LogP contribution < -0.4 is 10.6 Å². The molecule has 0 aromatic rings. The van der Waals surface area contributed by atoms with Crippen molar-refractivity contribution in [2.45, 2.75) is 24.8 Å². The maximum absolute atomic E-state index is 13.0. The third-order valence-corrected chi connectivity index (χ3v) is 1.98. The van der Waals surface area contributed by atoms with E-state index in [2.05, 4.69) is 10.6 Å². The zero-order valence-electron chi connectivity index (χ0n) is 6.66. The van der Waals surface area contributed by atoms with Crippen molar-refractivity contribution < 1.29 is 8.78 Å². The van der Waals surface area contributed by atoms with Gasteiger partial charge in [-0.25, -0.2) is 8.78 Å². The van der Waals surface area contributed by atoms with Crippen LogP contribution in [0.2, 0.25) is 0 Å². The number of alkyl halides is 2. The summed E-state index contributed by atoms with van der Waals surface area (Å²) in [7, 11) is 1.54. The zero-order chi connectivity index (χ0) is 8.32. The molecule has 1 rings (SSSR count). The SMILES string of the molecule is CNCC(F)(F)C1CCCN1. The Morgan fingerprint density at radius 3 is 2.82 bits per heavy atom. The first-order valence-corrected chi connectivity index (χ1v) is 3.92. The second-order valence-corrected chi connectivity index (χ2v) is 2.94. The van der Waals surface area contributed by atoms with Gasteiger partial charge in [0.2, 0.25) is 0 Å². The zero-order valence-corrected chi connectivity index (χ0v) is 6.66. The molecular formula is C7H14F2N2. The van der Waals surface area contributed by atoms with Crippen molar-refractivity contribution in [1.82, 2.24) is 10.6 Å². The lowest BCUT2D eigenvalue weighted by Gasteiger charge is -2.22. The summed E-state index contributed by atoms with van der Waals surface area (Å²) in [5.74, 6) is -2.59. The van der Waals surface area contributed by atoms with Crippen LogP contribution in [0.5, 0.6) is 0 Å². The highest BCUT2D eigenvalue weighted by atomic mass is 19.3. The van der Waals surface area contributed by atoms with E-state index in [0.29, 0.717) is 6.42 Å². The highest BCUT2D eigenvalue weighted by Crippen LogP contribution is 2.23. The molecule has 1 aliphatic heterocycles. The first-order chi connectivity index (χ1) is 5.17. The molecule has 1 heterocycles. The molecule has 0 aromatic heterocycles. The van der Waals surface area contributed by atoms with Crippen molar-refractivity contribution in [1.29, 1.82) is 0 Å². The van der Waals surface area contributed by atoms with Crippen LogP contribution >= 0.6 is 0 Å². The fraction of sp³-hybridized carbons (Fsp3) is 1.00. The Kier molecular flexibility index (Phi) is 2.78. The Bertz CT molecular complexity index is 122. The van der Waals surface area contributed by atoms with Gasteiger partial charge in [-0.3, -0.25) is 0 Å². The second-order valence-electron chi connectivity index (χ2n) is 2.94. The minimum Gasteiger partial charge on any atom is -0.314 e. The molecule has 0 aromatic carbocycles. The van der Waals surface area contributed by atoms with Gasteiger partial charge >= 0.3 is 0 Å². The molecule has 0 bridgehead atoms. The molecule has 0 saturated carbocycles. The van der Waals surface area contributed by atoms with E-state index in [9.17, 15) is 8.78 Å². The number of nitrogens with one attached hydrogen (secondary N) is 2. The van der Waals surface area contributed by atoms with E-state index >= 15 is 0 Å². The molecule has 2 nitrogen and oxygen atoms in total. The highest BCUT2D eigenvalue weighted by molar-refractivity contribution is 4.88. The van der Waals surface area contributed by atoms with E-state index in [1.807, 2.05) is 0 Å². The third-order valence-electron chi connectivity index (χ3n) is 1.98. The lowest BCUT2D eigenvalue weighted by atomic mass is 10.1. The van der Waals surface area contributed by atoms with Gasteiger partial charge in [0.1, 0.15) is 0 Å². The largest absolute Gasteiger partial charge is 0.314 e. The number of hydrogen-bond donors (Lipinski definition) is 2. The van der Waals surface area contributed by atoms with Gasteiger partial charge in [0.25, 0.3) is 5.92 Å². The highest BCUT2D eigenvalue weighted by Gasteiger charge is 2.39. The Morgan fingerprint density at radius 1 is 1.64 bits per heavy atom. The minimum absolute atomic E-state index is 0.231. The summed E-state index contributed by atoms with van der Waals surface area (Å²) in [5.41, 5.74) is 0. The normalized spacial score (nSPS) is 25.9. The van der Waals surface area contributed by atoms with Crippen LogP contribution in [0, 0.1) is 0 Å². The molecule has 2 N–H and O–H groups in total. The Hall–Kier alpha value is -0.220. The molecule has 1 saturated heterocycles. The standard InChI is InChI=1S/C7H14F2N2/c1-10-5-7(8,9)6-3-2-4-11-6/h6,10-11H,2-5H2,1H3.